The fourth-order valence-corrected chi connectivity index (χ4v) is 1.00. The van der Waals surface area contributed by atoms with Gasteiger partial charge in [-0.15, -0.1) is 6.42 Å². The van der Waals surface area contributed by atoms with Crippen LogP contribution in [0.15, 0.2) is 42.2 Å². The van der Waals surface area contributed by atoms with Gasteiger partial charge >= 0.3 is 0 Å². The van der Waals surface area contributed by atoms with Gasteiger partial charge in [0, 0.05) is 11.6 Å². The fraction of sp³-hybridized carbons (Fsp3) is 0.143. The van der Waals surface area contributed by atoms with E-state index < -0.39 is 0 Å². The second kappa shape index (κ2) is 6.35. The average Bonchev–Trinajstić information content (AvgIpc) is 2.28. The second-order valence-corrected chi connectivity index (χ2v) is 2.72. The van der Waals surface area contributed by atoms with Crippen LogP contribution in [0.2, 0.25) is 0 Å². The van der Waals surface area contributed by atoms with Crippen LogP contribution >= 0.6 is 0 Å². The highest BCUT2D eigenvalue weighted by atomic mass is 16.5. The number of terminal acetylenes is 1. The normalized spacial score (nSPS) is 9.73. The largest absolute Gasteiger partial charge is 0.485 e. The minimum atomic E-state index is 0.531. The SMILES string of the molecule is C#C/C=C(\C#Cc1ccccc1)OCC. The van der Waals surface area contributed by atoms with E-state index in [0.29, 0.717) is 12.4 Å². The van der Waals surface area contributed by atoms with Crippen molar-refractivity contribution in [2.24, 2.45) is 0 Å². The van der Waals surface area contributed by atoms with Crippen molar-refractivity contribution in [1.29, 1.82) is 0 Å². The lowest BCUT2D eigenvalue weighted by atomic mass is 10.2. The predicted molar refractivity (Wildman–Crippen MR) is 61.9 cm³/mol. The van der Waals surface area contributed by atoms with Gasteiger partial charge in [-0.3, -0.25) is 0 Å². The highest BCUT2D eigenvalue weighted by Gasteiger charge is 1.89. The molecule has 1 heteroatoms. The van der Waals surface area contributed by atoms with Gasteiger partial charge in [0.05, 0.1) is 6.61 Å². The van der Waals surface area contributed by atoms with Crippen molar-refractivity contribution in [3.8, 4) is 24.2 Å². The molecule has 1 aromatic carbocycles. The van der Waals surface area contributed by atoms with E-state index in [-0.39, 0.29) is 0 Å². The lowest BCUT2D eigenvalue weighted by molar-refractivity contribution is 0.246. The van der Waals surface area contributed by atoms with E-state index >= 15 is 0 Å². The van der Waals surface area contributed by atoms with E-state index in [1.807, 2.05) is 37.3 Å². The lowest BCUT2D eigenvalue weighted by Gasteiger charge is -1.98. The molecule has 1 rings (SSSR count). The smallest absolute Gasteiger partial charge is 0.178 e. The van der Waals surface area contributed by atoms with E-state index in [4.69, 9.17) is 11.2 Å². The van der Waals surface area contributed by atoms with Gasteiger partial charge in [0.1, 0.15) is 0 Å². The molecule has 0 spiro atoms. The van der Waals surface area contributed by atoms with Crippen LogP contribution in [-0.2, 0) is 4.74 Å². The molecular weight excluding hydrogens is 184 g/mol. The molecule has 0 fully saturated rings. The van der Waals surface area contributed by atoms with Crippen molar-refractivity contribution in [1.82, 2.24) is 0 Å². The van der Waals surface area contributed by atoms with Gasteiger partial charge < -0.3 is 4.74 Å². The summed E-state index contributed by atoms with van der Waals surface area (Å²) in [5.74, 6) is 8.79. The first-order valence-electron chi connectivity index (χ1n) is 4.73. The highest BCUT2D eigenvalue weighted by Crippen LogP contribution is 1.98. The van der Waals surface area contributed by atoms with Crippen molar-refractivity contribution in [2.75, 3.05) is 6.61 Å². The molecule has 0 radical (unpaired) electrons. The maximum Gasteiger partial charge on any atom is 0.178 e. The quantitative estimate of drug-likeness (QED) is 0.522. The minimum Gasteiger partial charge on any atom is -0.485 e. The Labute approximate surface area is 90.8 Å². The Balaban J connectivity index is 2.80. The summed E-state index contributed by atoms with van der Waals surface area (Å²) in [7, 11) is 0. The molecule has 0 heterocycles. The lowest BCUT2D eigenvalue weighted by Crippen LogP contribution is -1.88. The van der Waals surface area contributed by atoms with Gasteiger partial charge in [-0.1, -0.05) is 30.0 Å². The van der Waals surface area contributed by atoms with Crippen LogP contribution in [0.3, 0.4) is 0 Å². The van der Waals surface area contributed by atoms with E-state index in [0.717, 1.165) is 5.56 Å². The number of ether oxygens (including phenoxy) is 1. The van der Waals surface area contributed by atoms with Crippen molar-refractivity contribution >= 4 is 0 Å². The van der Waals surface area contributed by atoms with E-state index in [1.165, 1.54) is 6.08 Å². The molecule has 0 aliphatic carbocycles. The van der Waals surface area contributed by atoms with Gasteiger partial charge in [0.2, 0.25) is 0 Å². The molecule has 0 N–H and O–H groups in total. The Morgan fingerprint density at radius 3 is 2.73 bits per heavy atom. The minimum absolute atomic E-state index is 0.531. The van der Waals surface area contributed by atoms with Crippen LogP contribution in [-0.4, -0.2) is 6.61 Å². The van der Waals surface area contributed by atoms with Crippen LogP contribution in [0, 0.1) is 24.2 Å². The second-order valence-electron chi connectivity index (χ2n) is 2.72. The van der Waals surface area contributed by atoms with Gasteiger partial charge in [-0.05, 0) is 25.0 Å². The average molecular weight is 196 g/mol. The first-order valence-corrected chi connectivity index (χ1v) is 4.73. The zero-order chi connectivity index (χ0) is 10.9. The zero-order valence-corrected chi connectivity index (χ0v) is 8.66. The zero-order valence-electron chi connectivity index (χ0n) is 8.66. The van der Waals surface area contributed by atoms with Gasteiger partial charge in [0.15, 0.2) is 5.76 Å². The molecule has 0 aromatic heterocycles. The molecule has 0 saturated carbocycles. The molecular formula is C14H12O. The summed E-state index contributed by atoms with van der Waals surface area (Å²) >= 11 is 0. The van der Waals surface area contributed by atoms with E-state index in [1.54, 1.807) is 0 Å². The van der Waals surface area contributed by atoms with Crippen molar-refractivity contribution in [3.05, 3.63) is 47.7 Å². The Morgan fingerprint density at radius 2 is 2.13 bits per heavy atom. The summed E-state index contributed by atoms with van der Waals surface area (Å²) in [6.07, 6.45) is 6.68. The summed E-state index contributed by atoms with van der Waals surface area (Å²) in [6.45, 7) is 2.46. The Kier molecular flexibility index (Phi) is 4.64. The third-order valence-electron chi connectivity index (χ3n) is 1.62. The van der Waals surface area contributed by atoms with Crippen LogP contribution in [0.4, 0.5) is 0 Å². The van der Waals surface area contributed by atoms with Gasteiger partial charge in [-0.25, -0.2) is 0 Å². The molecule has 0 bridgehead atoms. The van der Waals surface area contributed by atoms with E-state index in [9.17, 15) is 0 Å². The van der Waals surface area contributed by atoms with Crippen molar-refractivity contribution in [3.63, 3.8) is 0 Å². The molecule has 0 atom stereocenters. The summed E-state index contributed by atoms with van der Waals surface area (Å²) < 4.78 is 5.25. The molecule has 0 aliphatic rings. The highest BCUT2D eigenvalue weighted by molar-refractivity contribution is 5.40. The Morgan fingerprint density at radius 1 is 1.40 bits per heavy atom. The molecule has 74 valence electrons. The molecule has 1 aromatic rings. The number of rotatable bonds is 2. The maximum atomic E-state index is 5.25. The fourth-order valence-electron chi connectivity index (χ4n) is 1.00. The molecule has 0 unspecified atom stereocenters. The molecule has 1 nitrogen and oxygen atoms in total. The third-order valence-corrected chi connectivity index (χ3v) is 1.62. The molecule has 0 aliphatic heterocycles. The predicted octanol–water partition coefficient (Wildman–Crippen LogP) is 2.59. The maximum absolute atomic E-state index is 5.25. The number of hydrogen-bond donors (Lipinski definition) is 0. The number of benzene rings is 1. The number of allylic oxidation sites excluding steroid dienone is 2. The Bertz CT molecular complexity index is 424. The molecule has 0 amide bonds. The standard InChI is InChI=1S/C14H12O/c1-3-8-14(15-4-2)12-11-13-9-6-5-7-10-13/h1,5-10H,4H2,2H3/b14-8+. The molecule has 15 heavy (non-hydrogen) atoms. The van der Waals surface area contributed by atoms with Crippen LogP contribution in [0.5, 0.6) is 0 Å². The number of hydrogen-bond acceptors (Lipinski definition) is 1. The summed E-state index contributed by atoms with van der Waals surface area (Å²) in [6, 6.07) is 9.70. The topological polar surface area (TPSA) is 9.23 Å². The Hall–Kier alpha value is -2.12. The summed E-state index contributed by atoms with van der Waals surface area (Å²) in [4.78, 5) is 0. The monoisotopic (exact) mass is 196 g/mol. The molecule has 0 saturated heterocycles. The van der Waals surface area contributed by atoms with Crippen molar-refractivity contribution in [2.45, 2.75) is 6.92 Å². The first kappa shape index (κ1) is 11.0. The van der Waals surface area contributed by atoms with Crippen molar-refractivity contribution < 1.29 is 4.74 Å². The van der Waals surface area contributed by atoms with Crippen LogP contribution in [0.25, 0.3) is 0 Å². The summed E-state index contributed by atoms with van der Waals surface area (Å²) in [5.41, 5.74) is 0.945. The van der Waals surface area contributed by atoms with Crippen LogP contribution in [0.1, 0.15) is 12.5 Å². The first-order chi connectivity index (χ1) is 7.36. The van der Waals surface area contributed by atoms with E-state index in [2.05, 4.69) is 17.8 Å². The van der Waals surface area contributed by atoms with Gasteiger partial charge in [-0.2, -0.15) is 0 Å². The van der Waals surface area contributed by atoms with Gasteiger partial charge in [0.25, 0.3) is 0 Å². The summed E-state index contributed by atoms with van der Waals surface area (Å²) in [5, 5.41) is 0. The van der Waals surface area contributed by atoms with Crippen LogP contribution < -0.4 is 0 Å². The third kappa shape index (κ3) is 4.07.